The summed E-state index contributed by atoms with van der Waals surface area (Å²) in [5.74, 6) is 1.11. The van der Waals surface area contributed by atoms with Crippen LogP contribution in [0, 0.1) is 0 Å². The summed E-state index contributed by atoms with van der Waals surface area (Å²) in [4.78, 5) is 20.9. The highest BCUT2D eigenvalue weighted by Crippen LogP contribution is 2.39. The van der Waals surface area contributed by atoms with Gasteiger partial charge < -0.3 is 10.6 Å². The number of anilines is 2. The fourth-order valence-electron chi connectivity index (χ4n) is 3.44. The number of aromatic nitrogens is 2. The van der Waals surface area contributed by atoms with Gasteiger partial charge >= 0.3 is 0 Å². The monoisotopic (exact) mass is 361 g/mol. The molecule has 1 unspecified atom stereocenters. The van der Waals surface area contributed by atoms with Crippen LogP contribution in [0.5, 0.6) is 0 Å². The highest BCUT2D eigenvalue weighted by molar-refractivity contribution is 6.38. The van der Waals surface area contributed by atoms with Gasteiger partial charge in [0.05, 0.1) is 17.8 Å². The second-order valence-corrected chi connectivity index (χ2v) is 7.08. The van der Waals surface area contributed by atoms with E-state index in [-0.39, 0.29) is 10.5 Å². The molecule has 3 N–H and O–H groups in total. The lowest BCUT2D eigenvalue weighted by Gasteiger charge is -2.21. The molecule has 4 heterocycles. The third-order valence-corrected chi connectivity index (χ3v) is 5.02. The number of amides is 1. The zero-order chi connectivity index (χ0) is 18.6. The molecule has 0 bridgehead atoms. The molecule has 5 rings (SSSR count). The van der Waals surface area contributed by atoms with Crippen LogP contribution >= 0.6 is 0 Å². The average molecular weight is 361 g/mol. The number of hydrogen-bond donors (Lipinski definition) is 3. The summed E-state index contributed by atoms with van der Waals surface area (Å²) < 4.78 is 0.0665. The number of fused-ring (bicyclic) bond motifs is 2. The summed E-state index contributed by atoms with van der Waals surface area (Å²) >= 11 is 0. The maximum absolute atomic E-state index is 12.1. The first-order valence-corrected chi connectivity index (χ1v) is 8.50. The van der Waals surface area contributed by atoms with E-state index in [0.29, 0.717) is 11.8 Å². The van der Waals surface area contributed by atoms with Crippen molar-refractivity contribution < 1.29 is 4.79 Å². The van der Waals surface area contributed by atoms with E-state index >= 15 is 0 Å². The molecule has 0 aliphatic carbocycles. The predicted octanol–water partition coefficient (Wildman–Crippen LogP) is 2.30. The number of quaternary nitrogens is 1. The number of carbonyl (C=O) groups excluding carboxylic acids is 1. The Bertz CT molecular complexity index is 1080. The van der Waals surface area contributed by atoms with Crippen LogP contribution < -0.4 is 15.2 Å². The van der Waals surface area contributed by atoms with E-state index in [1.807, 2.05) is 38.2 Å². The molecule has 27 heavy (non-hydrogen) atoms. The van der Waals surface area contributed by atoms with E-state index in [1.54, 1.807) is 24.8 Å². The maximum Gasteiger partial charge on any atom is 0.287 e. The molecule has 3 aliphatic rings. The normalized spacial score (nSPS) is 24.1. The van der Waals surface area contributed by atoms with Gasteiger partial charge in [0.1, 0.15) is 12.4 Å². The molecule has 0 radical (unpaired) electrons. The van der Waals surface area contributed by atoms with Crippen molar-refractivity contribution in [1.29, 1.82) is 0 Å². The second-order valence-electron chi connectivity index (χ2n) is 7.08. The van der Waals surface area contributed by atoms with Crippen LogP contribution in [0.25, 0.3) is 0 Å². The highest BCUT2D eigenvalue weighted by atomic mass is 16.2. The van der Waals surface area contributed by atoms with Crippen LogP contribution in [-0.4, -0.2) is 34.1 Å². The van der Waals surface area contributed by atoms with E-state index in [1.165, 1.54) is 0 Å². The minimum Gasteiger partial charge on any atom is -0.325 e. The lowest BCUT2D eigenvalue weighted by molar-refractivity contribution is -0.119. The van der Waals surface area contributed by atoms with Gasteiger partial charge in [-0.1, -0.05) is 10.7 Å². The Morgan fingerprint density at radius 2 is 2.15 bits per heavy atom. The topological polar surface area (TPSA) is 107 Å². The van der Waals surface area contributed by atoms with Crippen molar-refractivity contribution in [1.82, 2.24) is 14.8 Å². The van der Waals surface area contributed by atoms with Gasteiger partial charge in [-0.25, -0.2) is 0 Å². The van der Waals surface area contributed by atoms with Crippen molar-refractivity contribution >= 4 is 41.0 Å². The van der Waals surface area contributed by atoms with Crippen molar-refractivity contribution in [2.24, 2.45) is 15.1 Å². The fourth-order valence-corrected chi connectivity index (χ4v) is 3.44. The zero-order valence-corrected chi connectivity index (χ0v) is 14.8. The minimum atomic E-state index is -0.530. The number of hydrogen-bond acceptors (Lipinski definition) is 6. The van der Waals surface area contributed by atoms with Crippen molar-refractivity contribution in [3.8, 4) is 0 Å². The van der Waals surface area contributed by atoms with Gasteiger partial charge in [0, 0.05) is 11.4 Å². The van der Waals surface area contributed by atoms with E-state index in [0.717, 1.165) is 22.6 Å². The van der Waals surface area contributed by atoms with Crippen molar-refractivity contribution in [3.05, 3.63) is 48.6 Å². The molecule has 1 aromatic heterocycles. The smallest absolute Gasteiger partial charge is 0.287 e. The van der Waals surface area contributed by atoms with Gasteiger partial charge in [-0.3, -0.25) is 14.9 Å². The second kappa shape index (κ2) is 5.21. The number of guanidine groups is 1. The van der Waals surface area contributed by atoms with Gasteiger partial charge in [-0.2, -0.15) is 10.1 Å². The Labute approximate surface area is 154 Å². The molecule has 2 aromatic rings. The minimum absolute atomic E-state index is 0.00366. The first kappa shape index (κ1) is 15.6. The van der Waals surface area contributed by atoms with Crippen LogP contribution in [0.15, 0.2) is 58.1 Å². The number of H-pyrrole nitrogens is 1. The Morgan fingerprint density at radius 3 is 2.96 bits per heavy atom. The van der Waals surface area contributed by atoms with Gasteiger partial charge in [-0.15, -0.1) is 0 Å². The highest BCUT2D eigenvalue weighted by Gasteiger charge is 2.43. The van der Waals surface area contributed by atoms with E-state index in [2.05, 4.69) is 30.8 Å². The van der Waals surface area contributed by atoms with Gasteiger partial charge in [0.15, 0.2) is 6.20 Å². The molecule has 0 spiro atoms. The first-order valence-electron chi connectivity index (χ1n) is 8.50. The Kier molecular flexibility index (Phi) is 3.02. The fraction of sp³-hybridized carbons (Fsp3) is 0.167. The van der Waals surface area contributed by atoms with Crippen LogP contribution in [0.2, 0.25) is 0 Å². The van der Waals surface area contributed by atoms with Crippen LogP contribution in [-0.2, 0) is 10.2 Å². The van der Waals surface area contributed by atoms with Gasteiger partial charge in [-0.05, 0) is 36.6 Å². The number of aliphatic imine (C=N–C) groups is 2. The Hall–Kier alpha value is -3.59. The molecule has 1 aromatic carbocycles. The molecular weight excluding hydrogens is 344 g/mol. The number of nitrogens with zero attached hydrogens (tertiary/aromatic N) is 5. The molecule has 134 valence electrons. The number of aromatic amines is 1. The third-order valence-electron chi connectivity index (χ3n) is 5.02. The van der Waals surface area contributed by atoms with Gasteiger partial charge in [0.25, 0.3) is 11.8 Å². The largest absolute Gasteiger partial charge is 0.325 e. The average Bonchev–Trinajstić information content (AvgIpc) is 3.33. The Morgan fingerprint density at radius 1 is 1.26 bits per heavy atom. The SMILES string of the molecule is CC1(C)C(=O)Nc2cc(NC3=N[N+]4(c5cn[nH]c5)C=CN=CC4=N3)ccc21. The zero-order valence-electron chi connectivity index (χ0n) is 14.8. The van der Waals surface area contributed by atoms with Crippen molar-refractivity contribution in [2.45, 2.75) is 19.3 Å². The summed E-state index contributed by atoms with van der Waals surface area (Å²) in [7, 11) is 0. The predicted molar refractivity (Wildman–Crippen MR) is 105 cm³/mol. The molecular formula is C18H17N8O+. The molecule has 1 atom stereocenters. The number of benzene rings is 1. The van der Waals surface area contributed by atoms with Crippen LogP contribution in [0.1, 0.15) is 19.4 Å². The summed E-state index contributed by atoms with van der Waals surface area (Å²) in [5, 5.41) is 17.7. The van der Waals surface area contributed by atoms with Crippen LogP contribution in [0.4, 0.5) is 17.1 Å². The molecule has 1 amide bonds. The number of carbonyl (C=O) groups is 1. The summed E-state index contributed by atoms with van der Waals surface area (Å²) in [5.41, 5.74) is 2.88. The Balaban J connectivity index is 1.49. The molecule has 9 heteroatoms. The van der Waals surface area contributed by atoms with E-state index < -0.39 is 5.41 Å². The summed E-state index contributed by atoms with van der Waals surface area (Å²) in [6.45, 7) is 3.83. The third kappa shape index (κ3) is 2.18. The lowest BCUT2D eigenvalue weighted by atomic mass is 9.86. The van der Waals surface area contributed by atoms with Crippen molar-refractivity contribution in [2.75, 3.05) is 10.6 Å². The standard InChI is InChI=1S/C18H16N8O/c1-18(2)13-4-3-11(7-14(13)23-16(18)27)22-17-24-15-10-19-5-6-26(15,25-17)12-8-20-21-9-12/h3-10H,1-2H3,(H2-,20,21,22,23,25,27)/p+1. The number of amidine groups is 1. The van der Waals surface area contributed by atoms with Gasteiger partial charge in [0.2, 0.25) is 11.6 Å². The molecule has 0 fully saturated rings. The number of rotatable bonds is 2. The molecule has 9 nitrogen and oxygen atoms in total. The van der Waals surface area contributed by atoms with E-state index in [9.17, 15) is 4.79 Å². The maximum atomic E-state index is 12.1. The number of nitrogens with one attached hydrogen (secondary N) is 3. The van der Waals surface area contributed by atoms with E-state index in [4.69, 9.17) is 5.10 Å². The molecule has 0 saturated heterocycles. The quantitative estimate of drug-likeness (QED) is 0.714. The molecule has 3 aliphatic heterocycles. The summed E-state index contributed by atoms with van der Waals surface area (Å²) in [6, 6.07) is 5.77. The summed E-state index contributed by atoms with van der Waals surface area (Å²) in [6.07, 6.45) is 8.68. The lowest BCUT2D eigenvalue weighted by Crippen LogP contribution is -2.44. The first-order chi connectivity index (χ1) is 13.0. The van der Waals surface area contributed by atoms with Crippen LogP contribution in [0.3, 0.4) is 0 Å². The molecule has 0 saturated carbocycles. The van der Waals surface area contributed by atoms with Crippen molar-refractivity contribution in [3.63, 3.8) is 0 Å².